The van der Waals surface area contributed by atoms with Crippen LogP contribution in [0.3, 0.4) is 0 Å². The summed E-state index contributed by atoms with van der Waals surface area (Å²) in [6.45, 7) is 0. The first-order chi connectivity index (χ1) is 7.58. The SMILES string of the molecule is O=C(O)C(NC1CC1)c1ccc(Br)c(F)c1. The lowest BCUT2D eigenvalue weighted by atomic mass is 10.1. The number of carboxylic acid groups (broad SMARTS) is 1. The molecular formula is C11H11BrFNO2. The van der Waals surface area contributed by atoms with Crippen LogP contribution in [-0.4, -0.2) is 17.1 Å². The van der Waals surface area contributed by atoms with E-state index in [0.717, 1.165) is 12.8 Å². The van der Waals surface area contributed by atoms with Crippen molar-refractivity contribution in [1.82, 2.24) is 5.32 Å². The largest absolute Gasteiger partial charge is 0.480 e. The number of hydrogen-bond donors (Lipinski definition) is 2. The molecule has 0 amide bonds. The van der Waals surface area contributed by atoms with Crippen molar-refractivity contribution in [2.24, 2.45) is 0 Å². The lowest BCUT2D eigenvalue weighted by molar-refractivity contribution is -0.139. The Labute approximate surface area is 101 Å². The molecule has 0 saturated heterocycles. The molecule has 0 aliphatic heterocycles. The fourth-order valence-corrected chi connectivity index (χ4v) is 1.73. The highest BCUT2D eigenvalue weighted by Crippen LogP contribution is 2.26. The summed E-state index contributed by atoms with van der Waals surface area (Å²) in [6, 6.07) is 3.82. The standard InChI is InChI=1S/C11H11BrFNO2/c12-8-4-1-6(5-9(8)13)10(11(15)16)14-7-2-3-7/h1,4-5,7,10,14H,2-3H2,(H,15,16). The van der Waals surface area contributed by atoms with Gasteiger partial charge < -0.3 is 5.11 Å². The maximum absolute atomic E-state index is 13.3. The van der Waals surface area contributed by atoms with E-state index >= 15 is 0 Å². The molecule has 0 radical (unpaired) electrons. The molecular weight excluding hydrogens is 277 g/mol. The van der Waals surface area contributed by atoms with Gasteiger partial charge in [-0.3, -0.25) is 10.1 Å². The molecule has 2 N–H and O–H groups in total. The Kier molecular flexibility index (Phi) is 3.25. The van der Waals surface area contributed by atoms with Crippen molar-refractivity contribution in [1.29, 1.82) is 0 Å². The molecule has 3 nitrogen and oxygen atoms in total. The smallest absolute Gasteiger partial charge is 0.325 e. The van der Waals surface area contributed by atoms with Gasteiger partial charge in [-0.15, -0.1) is 0 Å². The van der Waals surface area contributed by atoms with Crippen molar-refractivity contribution in [3.8, 4) is 0 Å². The molecule has 0 aromatic heterocycles. The van der Waals surface area contributed by atoms with Crippen molar-refractivity contribution in [2.75, 3.05) is 0 Å². The van der Waals surface area contributed by atoms with Crippen LogP contribution in [0.25, 0.3) is 0 Å². The Morgan fingerprint density at radius 2 is 2.25 bits per heavy atom. The van der Waals surface area contributed by atoms with E-state index in [-0.39, 0.29) is 6.04 Å². The number of nitrogens with one attached hydrogen (secondary N) is 1. The Hall–Kier alpha value is -0.940. The molecule has 1 fully saturated rings. The van der Waals surface area contributed by atoms with Crippen molar-refractivity contribution in [3.05, 3.63) is 34.1 Å². The molecule has 16 heavy (non-hydrogen) atoms. The first-order valence-electron chi connectivity index (χ1n) is 5.01. The van der Waals surface area contributed by atoms with Crippen LogP contribution in [0.2, 0.25) is 0 Å². The molecule has 1 unspecified atom stereocenters. The third-order valence-corrected chi connectivity index (χ3v) is 3.15. The topological polar surface area (TPSA) is 49.3 Å². The average molecular weight is 288 g/mol. The third kappa shape index (κ3) is 2.59. The van der Waals surface area contributed by atoms with Crippen molar-refractivity contribution in [3.63, 3.8) is 0 Å². The Morgan fingerprint density at radius 1 is 1.56 bits per heavy atom. The number of halogens is 2. The van der Waals surface area contributed by atoms with Crippen LogP contribution in [0, 0.1) is 5.82 Å². The molecule has 2 rings (SSSR count). The molecule has 0 spiro atoms. The highest BCUT2D eigenvalue weighted by atomic mass is 79.9. The van der Waals surface area contributed by atoms with Gasteiger partial charge in [-0.05, 0) is 46.5 Å². The Balaban J connectivity index is 2.22. The summed E-state index contributed by atoms with van der Waals surface area (Å²) in [4.78, 5) is 11.1. The molecule has 5 heteroatoms. The second-order valence-corrected chi connectivity index (χ2v) is 4.74. The fourth-order valence-electron chi connectivity index (χ4n) is 1.49. The van der Waals surface area contributed by atoms with Crippen molar-refractivity contribution in [2.45, 2.75) is 24.9 Å². The monoisotopic (exact) mass is 287 g/mol. The second kappa shape index (κ2) is 4.51. The lowest BCUT2D eigenvalue weighted by Gasteiger charge is -2.14. The first-order valence-corrected chi connectivity index (χ1v) is 5.81. The van der Waals surface area contributed by atoms with Gasteiger partial charge in [0.15, 0.2) is 0 Å². The minimum Gasteiger partial charge on any atom is -0.480 e. The highest BCUT2D eigenvalue weighted by Gasteiger charge is 2.29. The normalized spacial score (nSPS) is 17.1. The average Bonchev–Trinajstić information content (AvgIpc) is 3.02. The number of hydrogen-bond acceptors (Lipinski definition) is 2. The van der Waals surface area contributed by atoms with E-state index in [2.05, 4.69) is 21.2 Å². The van der Waals surface area contributed by atoms with Crippen LogP contribution in [0.4, 0.5) is 4.39 Å². The summed E-state index contributed by atoms with van der Waals surface area (Å²) in [5.41, 5.74) is 0.445. The van der Waals surface area contributed by atoms with Gasteiger partial charge in [-0.25, -0.2) is 4.39 Å². The maximum atomic E-state index is 13.3. The van der Waals surface area contributed by atoms with Gasteiger partial charge in [-0.1, -0.05) is 6.07 Å². The van der Waals surface area contributed by atoms with Crippen LogP contribution in [-0.2, 0) is 4.79 Å². The third-order valence-electron chi connectivity index (χ3n) is 2.50. The zero-order valence-corrected chi connectivity index (χ0v) is 10.00. The van der Waals surface area contributed by atoms with Gasteiger partial charge in [0.25, 0.3) is 0 Å². The number of benzene rings is 1. The summed E-state index contributed by atoms with van der Waals surface area (Å²) < 4.78 is 13.6. The molecule has 0 bridgehead atoms. The van der Waals surface area contributed by atoms with E-state index in [1.54, 1.807) is 6.07 Å². The minimum atomic E-state index is -0.978. The highest BCUT2D eigenvalue weighted by molar-refractivity contribution is 9.10. The number of carboxylic acids is 1. The predicted molar refractivity (Wildman–Crippen MR) is 60.6 cm³/mol. The molecule has 86 valence electrons. The Morgan fingerprint density at radius 3 is 2.75 bits per heavy atom. The molecule has 1 saturated carbocycles. The molecule has 1 aromatic rings. The number of aliphatic carboxylic acids is 1. The molecule has 1 atom stereocenters. The molecule has 1 aliphatic carbocycles. The first kappa shape index (κ1) is 11.5. The second-order valence-electron chi connectivity index (χ2n) is 3.89. The van der Waals surface area contributed by atoms with Crippen molar-refractivity contribution < 1.29 is 14.3 Å². The zero-order chi connectivity index (χ0) is 11.7. The number of rotatable bonds is 4. The van der Waals surface area contributed by atoms with Crippen LogP contribution in [0.15, 0.2) is 22.7 Å². The van der Waals surface area contributed by atoms with Crippen LogP contribution in [0.5, 0.6) is 0 Å². The Bertz CT molecular complexity index is 420. The van der Waals surface area contributed by atoms with Gasteiger partial charge in [-0.2, -0.15) is 0 Å². The van der Waals surface area contributed by atoms with E-state index in [1.165, 1.54) is 12.1 Å². The van der Waals surface area contributed by atoms with E-state index in [9.17, 15) is 9.18 Å². The summed E-state index contributed by atoms with van der Waals surface area (Å²) in [7, 11) is 0. The van der Waals surface area contributed by atoms with Crippen LogP contribution >= 0.6 is 15.9 Å². The number of carbonyl (C=O) groups is 1. The van der Waals surface area contributed by atoms with Gasteiger partial charge in [0.2, 0.25) is 0 Å². The van der Waals surface area contributed by atoms with Crippen LogP contribution in [0.1, 0.15) is 24.4 Å². The maximum Gasteiger partial charge on any atom is 0.325 e. The zero-order valence-electron chi connectivity index (χ0n) is 8.41. The van der Waals surface area contributed by atoms with Gasteiger partial charge in [0.1, 0.15) is 11.9 Å². The quantitative estimate of drug-likeness (QED) is 0.894. The molecule has 1 aromatic carbocycles. The summed E-state index contributed by atoms with van der Waals surface area (Å²) in [5.74, 6) is -1.42. The van der Waals surface area contributed by atoms with Gasteiger partial charge in [0, 0.05) is 6.04 Å². The van der Waals surface area contributed by atoms with Crippen LogP contribution < -0.4 is 5.32 Å². The molecule has 0 heterocycles. The van der Waals surface area contributed by atoms with E-state index in [4.69, 9.17) is 5.11 Å². The summed E-state index contributed by atoms with van der Waals surface area (Å²) >= 11 is 3.04. The van der Waals surface area contributed by atoms with Crippen molar-refractivity contribution >= 4 is 21.9 Å². The summed E-state index contributed by atoms with van der Waals surface area (Å²) in [5, 5.41) is 12.0. The van der Waals surface area contributed by atoms with E-state index in [0.29, 0.717) is 10.0 Å². The van der Waals surface area contributed by atoms with E-state index < -0.39 is 17.8 Å². The molecule has 1 aliphatic rings. The predicted octanol–water partition coefficient (Wildman–Crippen LogP) is 2.47. The lowest BCUT2D eigenvalue weighted by Crippen LogP contribution is -2.30. The van der Waals surface area contributed by atoms with Gasteiger partial charge in [0.05, 0.1) is 4.47 Å². The van der Waals surface area contributed by atoms with E-state index in [1.807, 2.05) is 0 Å². The minimum absolute atomic E-state index is 0.257. The summed E-state index contributed by atoms with van der Waals surface area (Å²) in [6.07, 6.45) is 1.98. The van der Waals surface area contributed by atoms with Gasteiger partial charge >= 0.3 is 5.97 Å². The fraction of sp³-hybridized carbons (Fsp3) is 0.364.